The topological polar surface area (TPSA) is 53.3 Å². The van der Waals surface area contributed by atoms with Crippen molar-refractivity contribution in [1.29, 1.82) is 5.26 Å². The van der Waals surface area contributed by atoms with Crippen molar-refractivity contribution in [2.24, 2.45) is 0 Å². The minimum atomic E-state index is 0.00220. The predicted octanol–water partition coefficient (Wildman–Crippen LogP) is 2.73. The molecule has 0 atom stereocenters. The average Bonchev–Trinajstić information content (AvgIpc) is 2.42. The molecular formula is C14H17BrN2O2. The molecule has 0 radical (unpaired) electrons. The molecule has 4 nitrogen and oxygen atoms in total. The zero-order valence-corrected chi connectivity index (χ0v) is 12.5. The van der Waals surface area contributed by atoms with Crippen molar-refractivity contribution in [2.75, 3.05) is 20.2 Å². The molecule has 0 N–H and O–H groups in total. The van der Waals surface area contributed by atoms with Gasteiger partial charge in [-0.15, -0.1) is 0 Å². The minimum absolute atomic E-state index is 0.00220. The molecule has 0 unspecified atom stereocenters. The highest BCUT2D eigenvalue weighted by atomic mass is 79.9. The second-order valence-electron chi connectivity index (χ2n) is 4.12. The molecule has 102 valence electrons. The molecule has 0 heterocycles. The number of carbonyl (C=O) groups excluding carboxylic acids is 1. The van der Waals surface area contributed by atoms with Crippen LogP contribution < -0.4 is 0 Å². The van der Waals surface area contributed by atoms with Gasteiger partial charge < -0.3 is 9.64 Å². The van der Waals surface area contributed by atoms with Crippen molar-refractivity contribution in [3.8, 4) is 6.07 Å². The zero-order chi connectivity index (χ0) is 14.1. The van der Waals surface area contributed by atoms with E-state index < -0.39 is 0 Å². The maximum absolute atomic E-state index is 11.7. The fourth-order valence-corrected chi connectivity index (χ4v) is 1.89. The summed E-state index contributed by atoms with van der Waals surface area (Å²) in [7, 11) is 1.70. The van der Waals surface area contributed by atoms with Crippen LogP contribution in [0.3, 0.4) is 0 Å². The maximum Gasteiger partial charge on any atom is 0.224 e. The second-order valence-corrected chi connectivity index (χ2v) is 4.97. The van der Waals surface area contributed by atoms with Crippen LogP contribution in [-0.4, -0.2) is 31.0 Å². The first-order valence-corrected chi connectivity index (χ1v) is 6.86. The van der Waals surface area contributed by atoms with E-state index in [4.69, 9.17) is 10.00 Å². The quantitative estimate of drug-likeness (QED) is 0.724. The number of carbonyl (C=O) groups is 1. The molecule has 1 rings (SSSR count). The summed E-state index contributed by atoms with van der Waals surface area (Å²) in [6, 6.07) is 9.85. The number of nitriles is 1. The van der Waals surface area contributed by atoms with Gasteiger partial charge in [0.05, 0.1) is 32.1 Å². The fraction of sp³-hybridized carbons (Fsp3) is 0.429. The Kier molecular flexibility index (Phi) is 7.16. The van der Waals surface area contributed by atoms with Crippen LogP contribution in [0.4, 0.5) is 0 Å². The third kappa shape index (κ3) is 5.86. The fourth-order valence-electron chi connectivity index (χ4n) is 1.49. The Morgan fingerprint density at radius 2 is 2.21 bits per heavy atom. The smallest absolute Gasteiger partial charge is 0.224 e. The molecule has 1 amide bonds. The number of nitrogens with zero attached hydrogens (tertiary/aromatic N) is 2. The molecular weight excluding hydrogens is 308 g/mol. The first-order chi connectivity index (χ1) is 9.15. The van der Waals surface area contributed by atoms with Gasteiger partial charge in [-0.05, 0) is 11.6 Å². The number of ether oxygens (including phenoxy) is 1. The maximum atomic E-state index is 11.7. The van der Waals surface area contributed by atoms with Crippen LogP contribution in [0, 0.1) is 11.3 Å². The van der Waals surface area contributed by atoms with Gasteiger partial charge in [-0.2, -0.15) is 5.26 Å². The number of hydrogen-bond donors (Lipinski definition) is 0. The van der Waals surface area contributed by atoms with E-state index in [1.165, 1.54) is 0 Å². The molecule has 0 saturated carbocycles. The number of rotatable bonds is 7. The van der Waals surface area contributed by atoms with Gasteiger partial charge >= 0.3 is 0 Å². The molecule has 0 aliphatic carbocycles. The van der Waals surface area contributed by atoms with E-state index >= 15 is 0 Å². The number of halogens is 1. The van der Waals surface area contributed by atoms with Gasteiger partial charge in [0.1, 0.15) is 0 Å². The lowest BCUT2D eigenvalue weighted by Crippen LogP contribution is -2.28. The minimum Gasteiger partial charge on any atom is -0.376 e. The second kappa shape index (κ2) is 8.68. The third-order valence-electron chi connectivity index (χ3n) is 2.66. The molecule has 0 spiro atoms. The summed E-state index contributed by atoms with van der Waals surface area (Å²) in [6.07, 6.45) is 0.701. The van der Waals surface area contributed by atoms with Gasteiger partial charge in [-0.25, -0.2) is 0 Å². The first-order valence-electron chi connectivity index (χ1n) is 6.07. The van der Waals surface area contributed by atoms with Crippen molar-refractivity contribution in [3.63, 3.8) is 0 Å². The Hall–Kier alpha value is -1.38. The van der Waals surface area contributed by atoms with Crippen molar-refractivity contribution < 1.29 is 9.53 Å². The van der Waals surface area contributed by atoms with E-state index in [1.54, 1.807) is 11.9 Å². The van der Waals surface area contributed by atoms with E-state index in [2.05, 4.69) is 15.9 Å². The van der Waals surface area contributed by atoms with Crippen molar-refractivity contribution >= 4 is 21.8 Å². The standard InChI is InChI=1S/C14H17BrN2O2/c1-17(9-4-8-16)14(18)7-10-19-11-12-5-2-3-6-13(12)15/h2-3,5-6H,4,7,9-11H2,1H3. The number of benzene rings is 1. The highest BCUT2D eigenvalue weighted by Gasteiger charge is 2.08. The van der Waals surface area contributed by atoms with Gasteiger partial charge in [0, 0.05) is 18.1 Å². The monoisotopic (exact) mass is 324 g/mol. The summed E-state index contributed by atoms with van der Waals surface area (Å²) in [5.74, 6) is 0.00220. The van der Waals surface area contributed by atoms with Crippen LogP contribution in [0.15, 0.2) is 28.7 Å². The molecule has 0 saturated heterocycles. The van der Waals surface area contributed by atoms with E-state index in [-0.39, 0.29) is 5.91 Å². The largest absolute Gasteiger partial charge is 0.376 e. The van der Waals surface area contributed by atoms with Crippen LogP contribution in [0.2, 0.25) is 0 Å². The Morgan fingerprint density at radius 3 is 2.89 bits per heavy atom. The SMILES string of the molecule is CN(CCC#N)C(=O)CCOCc1ccccc1Br. The first kappa shape index (κ1) is 15.7. The van der Waals surface area contributed by atoms with Crippen molar-refractivity contribution in [2.45, 2.75) is 19.4 Å². The van der Waals surface area contributed by atoms with E-state index in [9.17, 15) is 4.79 Å². The van der Waals surface area contributed by atoms with Crippen LogP contribution in [0.1, 0.15) is 18.4 Å². The molecule has 0 aliphatic rings. The van der Waals surface area contributed by atoms with Crippen molar-refractivity contribution in [3.05, 3.63) is 34.3 Å². The van der Waals surface area contributed by atoms with Gasteiger partial charge in [-0.3, -0.25) is 4.79 Å². The summed E-state index contributed by atoms with van der Waals surface area (Å²) in [5.41, 5.74) is 1.06. The zero-order valence-electron chi connectivity index (χ0n) is 10.9. The molecule has 19 heavy (non-hydrogen) atoms. The van der Waals surface area contributed by atoms with Gasteiger partial charge in [0.15, 0.2) is 0 Å². The van der Waals surface area contributed by atoms with Crippen LogP contribution >= 0.6 is 15.9 Å². The molecule has 1 aromatic rings. The summed E-state index contributed by atoms with van der Waals surface area (Å²) >= 11 is 3.44. The Bertz CT molecular complexity index is 457. The summed E-state index contributed by atoms with van der Waals surface area (Å²) < 4.78 is 6.49. The average molecular weight is 325 g/mol. The van der Waals surface area contributed by atoms with Crippen LogP contribution in [0.5, 0.6) is 0 Å². The lowest BCUT2D eigenvalue weighted by molar-refractivity contribution is -0.131. The van der Waals surface area contributed by atoms with E-state index in [0.717, 1.165) is 10.0 Å². The highest BCUT2D eigenvalue weighted by molar-refractivity contribution is 9.10. The number of hydrogen-bond acceptors (Lipinski definition) is 3. The number of amides is 1. The van der Waals surface area contributed by atoms with E-state index in [1.807, 2.05) is 30.3 Å². The highest BCUT2D eigenvalue weighted by Crippen LogP contribution is 2.16. The molecule has 0 aliphatic heterocycles. The lowest BCUT2D eigenvalue weighted by Gasteiger charge is -2.15. The predicted molar refractivity (Wildman–Crippen MR) is 76.3 cm³/mol. The summed E-state index contributed by atoms with van der Waals surface area (Å²) in [4.78, 5) is 13.2. The lowest BCUT2D eigenvalue weighted by atomic mass is 10.2. The molecule has 0 bridgehead atoms. The third-order valence-corrected chi connectivity index (χ3v) is 3.43. The Labute approximate surface area is 122 Å². The normalized spacial score (nSPS) is 9.95. The summed E-state index contributed by atoms with van der Waals surface area (Å²) in [5, 5.41) is 8.45. The molecule has 5 heteroatoms. The Balaban J connectivity index is 2.22. The molecule has 1 aromatic carbocycles. The van der Waals surface area contributed by atoms with Gasteiger partial charge in [-0.1, -0.05) is 34.1 Å². The molecule has 0 aromatic heterocycles. The molecule has 0 fully saturated rings. The summed E-state index contributed by atoms with van der Waals surface area (Å²) in [6.45, 7) is 1.34. The van der Waals surface area contributed by atoms with Crippen molar-refractivity contribution in [1.82, 2.24) is 4.90 Å². The van der Waals surface area contributed by atoms with Crippen LogP contribution in [0.25, 0.3) is 0 Å². The van der Waals surface area contributed by atoms with Crippen LogP contribution in [-0.2, 0) is 16.1 Å². The van der Waals surface area contributed by atoms with Gasteiger partial charge in [0.2, 0.25) is 5.91 Å². The van der Waals surface area contributed by atoms with E-state index in [0.29, 0.717) is 32.6 Å². The van der Waals surface area contributed by atoms with Gasteiger partial charge in [0.25, 0.3) is 0 Å². The Morgan fingerprint density at radius 1 is 1.47 bits per heavy atom.